The largest absolute Gasteiger partial charge is 0.467 e. The molecule has 172 valence electrons. The van der Waals surface area contributed by atoms with Crippen LogP contribution in [-0.4, -0.2) is 39.4 Å². The van der Waals surface area contributed by atoms with E-state index in [9.17, 15) is 22.8 Å². The van der Waals surface area contributed by atoms with Crippen molar-refractivity contribution in [2.75, 3.05) is 6.61 Å². The second-order valence-corrected chi connectivity index (χ2v) is 8.14. The Morgan fingerprint density at radius 3 is 2.59 bits per heavy atom. The van der Waals surface area contributed by atoms with Crippen LogP contribution in [0.1, 0.15) is 59.8 Å². The number of pyridine rings is 1. The van der Waals surface area contributed by atoms with Crippen LogP contribution in [0.2, 0.25) is 5.02 Å². The van der Waals surface area contributed by atoms with Crippen LogP contribution in [0.5, 0.6) is 5.88 Å². The highest BCUT2D eigenvalue weighted by atomic mass is 35.5. The molecule has 1 aliphatic rings. The lowest BCUT2D eigenvalue weighted by atomic mass is 9.81. The van der Waals surface area contributed by atoms with Crippen LogP contribution in [0.3, 0.4) is 0 Å². The zero-order valence-corrected chi connectivity index (χ0v) is 18.3. The van der Waals surface area contributed by atoms with Gasteiger partial charge >= 0.3 is 6.18 Å². The smallest absolute Gasteiger partial charge is 0.422 e. The van der Waals surface area contributed by atoms with E-state index in [0.717, 1.165) is 19.3 Å². The summed E-state index contributed by atoms with van der Waals surface area (Å²) in [6.07, 6.45) is -0.344. The lowest BCUT2D eigenvalue weighted by Crippen LogP contribution is -2.29. The number of nitrogens with zero attached hydrogens (tertiary/aromatic N) is 3. The number of ketones is 1. The first kappa shape index (κ1) is 23.9. The number of carbonyl (C=O) groups is 2. The molecular weight excluding hydrogens is 449 g/mol. The van der Waals surface area contributed by atoms with Gasteiger partial charge in [0, 0.05) is 17.8 Å². The number of halogens is 4. The Bertz CT molecular complexity index is 1010. The van der Waals surface area contributed by atoms with Gasteiger partial charge in [0.2, 0.25) is 5.88 Å². The molecule has 1 saturated carbocycles. The highest BCUT2D eigenvalue weighted by molar-refractivity contribution is 6.31. The molecule has 1 amide bonds. The fourth-order valence-corrected chi connectivity index (χ4v) is 3.37. The fraction of sp³-hybridized carbons (Fsp3) is 0.476. The first-order valence-corrected chi connectivity index (χ1v) is 10.4. The summed E-state index contributed by atoms with van der Waals surface area (Å²) in [6.45, 7) is 1.86. The number of rotatable bonds is 8. The van der Waals surface area contributed by atoms with Gasteiger partial charge in [0.1, 0.15) is 22.3 Å². The highest BCUT2D eigenvalue weighted by Crippen LogP contribution is 2.28. The Labute approximate surface area is 187 Å². The van der Waals surface area contributed by atoms with E-state index in [1.807, 2.05) is 0 Å². The van der Waals surface area contributed by atoms with Crippen LogP contribution in [-0.2, 0) is 11.2 Å². The second-order valence-electron chi connectivity index (χ2n) is 7.74. The van der Waals surface area contributed by atoms with E-state index >= 15 is 0 Å². The molecular formula is C21H22ClF3N4O3. The summed E-state index contributed by atoms with van der Waals surface area (Å²) < 4.78 is 41.5. The number of amides is 1. The minimum atomic E-state index is -4.51. The first-order valence-electron chi connectivity index (χ1n) is 10.0. The molecule has 2 aromatic heterocycles. The molecule has 7 nitrogen and oxygen atoms in total. The molecule has 1 unspecified atom stereocenters. The van der Waals surface area contributed by atoms with Crippen LogP contribution >= 0.6 is 11.6 Å². The van der Waals surface area contributed by atoms with Crippen molar-refractivity contribution in [3.63, 3.8) is 0 Å². The lowest BCUT2D eigenvalue weighted by Gasteiger charge is -2.23. The lowest BCUT2D eigenvalue weighted by molar-refractivity contribution is -0.154. The van der Waals surface area contributed by atoms with E-state index in [2.05, 4.69) is 25.0 Å². The number of aryl methyl sites for hydroxylation is 1. The van der Waals surface area contributed by atoms with Crippen molar-refractivity contribution in [2.45, 2.75) is 51.7 Å². The maximum atomic E-state index is 12.7. The molecule has 0 bridgehead atoms. The van der Waals surface area contributed by atoms with E-state index in [1.54, 1.807) is 13.8 Å². The number of alkyl halides is 3. The predicted octanol–water partition coefficient (Wildman–Crippen LogP) is 4.18. The van der Waals surface area contributed by atoms with Crippen molar-refractivity contribution < 1.29 is 27.5 Å². The topological polar surface area (TPSA) is 94.1 Å². The molecule has 0 aliphatic heterocycles. The molecule has 11 heteroatoms. The number of Topliss-reactive ketones (excluding diaryl/α,β-unsaturated/α-hetero) is 1. The molecule has 2 aromatic rings. The van der Waals surface area contributed by atoms with Crippen molar-refractivity contribution in [2.24, 2.45) is 5.92 Å². The minimum Gasteiger partial charge on any atom is -0.467 e. The van der Waals surface area contributed by atoms with Gasteiger partial charge in [0.15, 0.2) is 6.61 Å². The molecule has 0 radical (unpaired) electrons. The summed E-state index contributed by atoms with van der Waals surface area (Å²) in [5, 5.41) is 2.63. The van der Waals surface area contributed by atoms with E-state index in [1.165, 1.54) is 18.3 Å². The zero-order chi connectivity index (χ0) is 23.5. The van der Waals surface area contributed by atoms with Crippen LogP contribution in [0.15, 0.2) is 18.3 Å². The number of aromatic nitrogens is 3. The van der Waals surface area contributed by atoms with Crippen LogP contribution < -0.4 is 10.1 Å². The average molecular weight is 471 g/mol. The van der Waals surface area contributed by atoms with Gasteiger partial charge in [-0.25, -0.2) is 15.0 Å². The van der Waals surface area contributed by atoms with E-state index in [0.29, 0.717) is 17.1 Å². The summed E-state index contributed by atoms with van der Waals surface area (Å²) in [7, 11) is 0. The Balaban J connectivity index is 1.66. The van der Waals surface area contributed by atoms with E-state index < -0.39 is 24.7 Å². The maximum Gasteiger partial charge on any atom is 0.422 e. The van der Waals surface area contributed by atoms with Gasteiger partial charge in [-0.15, -0.1) is 0 Å². The number of nitrogens with one attached hydrogen (secondary N) is 1. The van der Waals surface area contributed by atoms with Crippen molar-refractivity contribution in [3.05, 3.63) is 46.1 Å². The number of carbonyl (C=O) groups excluding carboxylic acids is 2. The van der Waals surface area contributed by atoms with Crippen LogP contribution in [0.4, 0.5) is 13.2 Å². The number of hydrogen-bond acceptors (Lipinski definition) is 6. The quantitative estimate of drug-likeness (QED) is 0.622. The Morgan fingerprint density at radius 1 is 1.28 bits per heavy atom. The predicted molar refractivity (Wildman–Crippen MR) is 109 cm³/mol. The van der Waals surface area contributed by atoms with Crippen molar-refractivity contribution in [1.29, 1.82) is 0 Å². The van der Waals surface area contributed by atoms with Crippen LogP contribution in [0, 0.1) is 12.8 Å². The summed E-state index contributed by atoms with van der Waals surface area (Å²) >= 11 is 5.97. The highest BCUT2D eigenvalue weighted by Gasteiger charge is 2.29. The molecule has 1 N–H and O–H groups in total. The average Bonchev–Trinajstić information content (AvgIpc) is 2.64. The summed E-state index contributed by atoms with van der Waals surface area (Å²) in [4.78, 5) is 37.2. The normalized spacial score (nSPS) is 15.1. The molecule has 0 saturated heterocycles. The molecule has 1 aliphatic carbocycles. The van der Waals surface area contributed by atoms with Gasteiger partial charge in [0.25, 0.3) is 5.91 Å². The zero-order valence-electron chi connectivity index (χ0n) is 17.5. The van der Waals surface area contributed by atoms with Crippen molar-refractivity contribution in [3.8, 4) is 5.88 Å². The standard InChI is InChI=1S/C21H22ClF3N4O3/c1-11-6-16(29-18(27-11)8-17(30)13-4-3-5-13)19(31)28-12(2)14-7-15(22)20(26-9-14)32-10-21(23,24)25/h6-7,9,12-13H,3-5,8,10H2,1-2H3,(H,28,31). The monoisotopic (exact) mass is 470 g/mol. The molecule has 0 spiro atoms. The Kier molecular flexibility index (Phi) is 7.33. The Hall–Kier alpha value is -2.75. The molecule has 1 fully saturated rings. The van der Waals surface area contributed by atoms with Crippen molar-refractivity contribution >= 4 is 23.3 Å². The number of ether oxygens (including phenoxy) is 1. The third kappa shape index (κ3) is 6.38. The fourth-order valence-electron chi connectivity index (χ4n) is 3.14. The van der Waals surface area contributed by atoms with Gasteiger partial charge in [-0.2, -0.15) is 13.2 Å². The van der Waals surface area contributed by atoms with Gasteiger partial charge < -0.3 is 10.1 Å². The second kappa shape index (κ2) is 9.81. The third-order valence-corrected chi connectivity index (χ3v) is 5.35. The summed E-state index contributed by atoms with van der Waals surface area (Å²) in [5.74, 6) is -0.408. The Morgan fingerprint density at radius 2 is 2.00 bits per heavy atom. The van der Waals surface area contributed by atoms with Crippen LogP contribution in [0.25, 0.3) is 0 Å². The third-order valence-electron chi connectivity index (χ3n) is 5.07. The molecule has 3 rings (SSSR count). The molecule has 0 aromatic carbocycles. The van der Waals surface area contributed by atoms with Gasteiger partial charge in [-0.1, -0.05) is 18.0 Å². The van der Waals surface area contributed by atoms with E-state index in [-0.39, 0.29) is 34.7 Å². The SMILES string of the molecule is Cc1cc(C(=O)NC(C)c2cnc(OCC(F)(F)F)c(Cl)c2)nc(CC(=O)C2CCC2)n1. The maximum absolute atomic E-state index is 12.7. The summed E-state index contributed by atoms with van der Waals surface area (Å²) in [6, 6.07) is 2.32. The van der Waals surface area contributed by atoms with E-state index in [4.69, 9.17) is 11.6 Å². The van der Waals surface area contributed by atoms with Gasteiger partial charge in [-0.05, 0) is 44.4 Å². The molecule has 1 atom stereocenters. The minimum absolute atomic E-state index is 0.0525. The first-order chi connectivity index (χ1) is 15.0. The van der Waals surface area contributed by atoms with Gasteiger partial charge in [0.05, 0.1) is 12.5 Å². The molecule has 32 heavy (non-hydrogen) atoms. The van der Waals surface area contributed by atoms with Crippen molar-refractivity contribution in [1.82, 2.24) is 20.3 Å². The van der Waals surface area contributed by atoms with Gasteiger partial charge in [-0.3, -0.25) is 9.59 Å². The number of hydrogen-bond donors (Lipinski definition) is 1. The summed E-state index contributed by atoms with van der Waals surface area (Å²) in [5.41, 5.74) is 1.14. The molecule has 2 heterocycles.